The molecule has 3 aliphatic heterocycles. The monoisotopic (exact) mass is 600 g/mol. The molecule has 3 fully saturated rings. The van der Waals surface area contributed by atoms with E-state index in [0.717, 1.165) is 63.2 Å². The van der Waals surface area contributed by atoms with Gasteiger partial charge in [0.1, 0.15) is 17.4 Å². The van der Waals surface area contributed by atoms with Crippen molar-refractivity contribution in [2.45, 2.75) is 57.3 Å². The van der Waals surface area contributed by atoms with Gasteiger partial charge in [-0.3, -0.25) is 9.59 Å². The number of rotatable bonds is 8. The minimum atomic E-state index is -0.263. The van der Waals surface area contributed by atoms with Gasteiger partial charge in [-0.2, -0.15) is 0 Å². The highest BCUT2D eigenvalue weighted by atomic mass is 19.1. The van der Waals surface area contributed by atoms with E-state index in [2.05, 4.69) is 37.4 Å². The fraction of sp³-hybridized carbons (Fsp3) is 0.441. The largest absolute Gasteiger partial charge is 0.496 e. The smallest absolute Gasteiger partial charge is 0.253 e. The number of carbonyl (C=O) groups excluding carboxylic acids is 2. The fourth-order valence-electron chi connectivity index (χ4n) is 6.94. The number of hydrogen-bond acceptors (Lipinski definition) is 7. The van der Waals surface area contributed by atoms with Crippen LogP contribution in [-0.4, -0.2) is 80.2 Å². The van der Waals surface area contributed by atoms with Gasteiger partial charge < -0.3 is 30.1 Å². The van der Waals surface area contributed by atoms with Gasteiger partial charge in [-0.05, 0) is 81.6 Å². The van der Waals surface area contributed by atoms with Crippen molar-refractivity contribution in [3.63, 3.8) is 0 Å². The van der Waals surface area contributed by atoms with Crippen LogP contribution in [0.2, 0.25) is 0 Å². The van der Waals surface area contributed by atoms with E-state index in [1.807, 2.05) is 37.3 Å². The average Bonchev–Trinajstić information content (AvgIpc) is 3.30. The number of piperidine rings is 1. The van der Waals surface area contributed by atoms with Crippen molar-refractivity contribution in [2.24, 2.45) is 0 Å². The zero-order chi connectivity index (χ0) is 30.8. The Morgan fingerprint density at radius 2 is 1.75 bits per heavy atom. The Morgan fingerprint density at radius 3 is 2.41 bits per heavy atom. The molecule has 0 aliphatic carbocycles. The summed E-state index contributed by atoms with van der Waals surface area (Å²) in [5, 5.41) is 6.15. The first-order valence-corrected chi connectivity index (χ1v) is 15.5. The van der Waals surface area contributed by atoms with Gasteiger partial charge >= 0.3 is 0 Å². The molecule has 1 unspecified atom stereocenters. The number of aromatic nitrogens is 1. The Morgan fingerprint density at radius 1 is 1.00 bits per heavy atom. The molecule has 0 saturated carbocycles. The summed E-state index contributed by atoms with van der Waals surface area (Å²) in [5.41, 5.74) is 3.27. The predicted octanol–water partition coefficient (Wildman–Crippen LogP) is 4.15. The van der Waals surface area contributed by atoms with Gasteiger partial charge in [0.2, 0.25) is 0 Å². The van der Waals surface area contributed by atoms with Crippen LogP contribution < -0.4 is 25.2 Å². The molecule has 9 nitrogen and oxygen atoms in total. The number of carbonyl (C=O) groups is 2. The van der Waals surface area contributed by atoms with Crippen molar-refractivity contribution < 1.29 is 18.7 Å². The number of likely N-dealkylation sites (N-methyl/N-ethyl adjacent to an activating group) is 1. The van der Waals surface area contributed by atoms with Crippen molar-refractivity contribution >= 4 is 23.3 Å². The van der Waals surface area contributed by atoms with Crippen LogP contribution in [0.15, 0.2) is 54.7 Å². The molecule has 1 aromatic heterocycles. The Labute approximate surface area is 258 Å². The van der Waals surface area contributed by atoms with Crippen molar-refractivity contribution in [3.05, 3.63) is 82.8 Å². The number of amides is 2. The summed E-state index contributed by atoms with van der Waals surface area (Å²) in [6.07, 6.45) is 5.39. The van der Waals surface area contributed by atoms with Crippen LogP contribution in [0, 0.1) is 12.7 Å². The number of benzene rings is 2. The molecular weight excluding hydrogens is 559 g/mol. The maximum absolute atomic E-state index is 14.9. The van der Waals surface area contributed by atoms with Crippen molar-refractivity contribution in [2.75, 3.05) is 50.1 Å². The Balaban J connectivity index is 1.03. The van der Waals surface area contributed by atoms with E-state index in [4.69, 9.17) is 4.74 Å². The molecule has 2 amide bonds. The number of halogens is 1. The highest BCUT2D eigenvalue weighted by Crippen LogP contribution is 2.38. The zero-order valence-electron chi connectivity index (χ0n) is 25.7. The standard InChI is InChI=1S/C34H41FN6O3/c1-22-28(5-4-6-31(22)44-3)34(43)38-25-18-26-9-10-27(19-25)41(26)32-12-8-24(21-36-32)33(42)37-20-23-7-11-30(29(35)17-23)40-15-13-39(2)14-16-40/h4-8,11-12,17,21,25-27H,9-10,13-16,18-20H2,1-3H3,(H,37,42)(H,38,43)/t25?,26-,27+. The molecule has 10 heteroatoms. The Kier molecular flexibility index (Phi) is 8.70. The number of fused-ring (bicyclic) bond motifs is 2. The molecule has 2 N–H and O–H groups in total. The van der Waals surface area contributed by atoms with Crippen LogP contribution in [0.5, 0.6) is 5.75 Å². The lowest BCUT2D eigenvalue weighted by Gasteiger charge is -2.40. The van der Waals surface area contributed by atoms with Crippen LogP contribution in [-0.2, 0) is 6.54 Å². The summed E-state index contributed by atoms with van der Waals surface area (Å²) in [4.78, 5) is 37.3. The van der Waals surface area contributed by atoms with Gasteiger partial charge in [0.15, 0.2) is 0 Å². The third-order valence-electron chi connectivity index (χ3n) is 9.40. The molecule has 232 valence electrons. The molecule has 3 saturated heterocycles. The SMILES string of the molecule is COc1cccc(C(=O)NC2C[C@H]3CC[C@@H](C2)N3c2ccc(C(=O)NCc3ccc(N4CCN(C)CC4)c(F)c3)cn2)c1C. The molecule has 2 bridgehead atoms. The lowest BCUT2D eigenvalue weighted by Crippen LogP contribution is -2.50. The number of nitrogens with one attached hydrogen (secondary N) is 2. The van der Waals surface area contributed by atoms with Crippen LogP contribution >= 0.6 is 0 Å². The summed E-state index contributed by atoms with van der Waals surface area (Å²) in [5.74, 6) is 0.982. The average molecular weight is 601 g/mol. The van der Waals surface area contributed by atoms with E-state index in [0.29, 0.717) is 28.1 Å². The number of hydrogen-bond donors (Lipinski definition) is 2. The second kappa shape index (κ2) is 12.8. The van der Waals surface area contributed by atoms with Crippen LogP contribution in [0.4, 0.5) is 15.9 Å². The maximum Gasteiger partial charge on any atom is 0.253 e. The lowest BCUT2D eigenvalue weighted by molar-refractivity contribution is 0.0923. The minimum Gasteiger partial charge on any atom is -0.496 e. The fourth-order valence-corrected chi connectivity index (χ4v) is 6.94. The first-order valence-electron chi connectivity index (χ1n) is 15.5. The summed E-state index contributed by atoms with van der Waals surface area (Å²) < 4.78 is 20.3. The summed E-state index contributed by atoms with van der Waals surface area (Å²) >= 11 is 0. The van der Waals surface area contributed by atoms with Gasteiger partial charge in [0.05, 0.1) is 18.4 Å². The van der Waals surface area contributed by atoms with Crippen LogP contribution in [0.25, 0.3) is 0 Å². The predicted molar refractivity (Wildman–Crippen MR) is 169 cm³/mol. The van der Waals surface area contributed by atoms with E-state index in [-0.39, 0.29) is 42.3 Å². The number of piperazine rings is 1. The molecule has 0 radical (unpaired) electrons. The summed E-state index contributed by atoms with van der Waals surface area (Å²) in [7, 11) is 3.69. The third kappa shape index (κ3) is 6.22. The van der Waals surface area contributed by atoms with Gasteiger partial charge in [-0.1, -0.05) is 12.1 Å². The van der Waals surface area contributed by atoms with Crippen LogP contribution in [0.3, 0.4) is 0 Å². The second-order valence-corrected chi connectivity index (χ2v) is 12.2. The van der Waals surface area contributed by atoms with E-state index in [1.165, 1.54) is 6.07 Å². The number of anilines is 2. The van der Waals surface area contributed by atoms with Crippen molar-refractivity contribution in [1.29, 1.82) is 0 Å². The quantitative estimate of drug-likeness (QED) is 0.402. The Bertz CT molecular complexity index is 1490. The van der Waals surface area contributed by atoms with Gasteiger partial charge in [-0.15, -0.1) is 0 Å². The molecule has 0 spiro atoms. The summed E-state index contributed by atoms with van der Waals surface area (Å²) in [6.45, 7) is 5.56. The van der Waals surface area contributed by atoms with Crippen LogP contribution in [0.1, 0.15) is 57.5 Å². The number of nitrogens with zero attached hydrogens (tertiary/aromatic N) is 4. The number of methoxy groups -OCH3 is 1. The second-order valence-electron chi connectivity index (χ2n) is 12.2. The lowest BCUT2D eigenvalue weighted by atomic mass is 9.96. The molecular formula is C34H41FN6O3. The molecule has 4 heterocycles. The van der Waals surface area contributed by atoms with Gasteiger partial charge in [-0.25, -0.2) is 9.37 Å². The maximum atomic E-state index is 14.9. The molecule has 44 heavy (non-hydrogen) atoms. The molecule has 6 rings (SSSR count). The first-order chi connectivity index (χ1) is 21.3. The van der Waals surface area contributed by atoms with Gasteiger partial charge in [0, 0.05) is 68.2 Å². The normalized spacial score (nSPS) is 21.7. The van der Waals surface area contributed by atoms with E-state index >= 15 is 0 Å². The molecule has 3 aromatic rings. The van der Waals surface area contributed by atoms with E-state index in [9.17, 15) is 14.0 Å². The van der Waals surface area contributed by atoms with Gasteiger partial charge in [0.25, 0.3) is 11.8 Å². The highest BCUT2D eigenvalue weighted by Gasteiger charge is 2.42. The Hall–Kier alpha value is -4.18. The summed E-state index contributed by atoms with van der Waals surface area (Å²) in [6, 6.07) is 15.1. The molecule has 3 aliphatic rings. The van der Waals surface area contributed by atoms with Crippen molar-refractivity contribution in [3.8, 4) is 5.75 Å². The van der Waals surface area contributed by atoms with Crippen molar-refractivity contribution in [1.82, 2.24) is 20.5 Å². The van der Waals surface area contributed by atoms with E-state index < -0.39 is 0 Å². The highest BCUT2D eigenvalue weighted by molar-refractivity contribution is 5.96. The number of pyridine rings is 1. The third-order valence-corrected chi connectivity index (χ3v) is 9.40. The molecule has 2 aromatic carbocycles. The topological polar surface area (TPSA) is 90.0 Å². The number of ether oxygens (including phenoxy) is 1. The molecule has 3 atom stereocenters. The van der Waals surface area contributed by atoms with E-state index in [1.54, 1.807) is 25.4 Å². The minimum absolute atomic E-state index is 0.0681. The first kappa shape index (κ1) is 29.9. The zero-order valence-corrected chi connectivity index (χ0v) is 25.7.